The van der Waals surface area contributed by atoms with Gasteiger partial charge in [0.1, 0.15) is 101 Å². The SMILES string of the molecule is CCCCCCCCCCCCCCCC(C(C(C(C(S(=O)(=O)[O-])(S(=O)(=O)[O-])S(=O)(=O)[O-])(S(=O)(=O)[O-])S(=O)(=O)[O-])(S(=O)(=O)[O-])S(=O)(=O)[O-])(S(=O)(=O)[O-])S(=O)(=O)[O-])S(=O)(=O)[O-].[K+].[K+].[K+].[K+].[K+].[K+].[K+].[K+].[K+].[K+]. The third-order valence-corrected chi connectivity index (χ3v) is 30.4. The van der Waals surface area contributed by atoms with Crippen molar-refractivity contribution in [2.45, 2.75) is 118 Å². The molecular formula is C20H32K10O30S10. The molecule has 0 aliphatic rings. The third kappa shape index (κ3) is 25.1. The maximum Gasteiger partial charge on any atom is 1.00 e. The molecule has 0 aromatic heterocycles. The molecule has 0 heterocycles. The van der Waals surface area contributed by atoms with Crippen molar-refractivity contribution in [2.24, 2.45) is 0 Å². The first-order chi connectivity index (χ1) is 26.2. The summed E-state index contributed by atoms with van der Waals surface area (Å²) in [5.41, 5.74) is 0. The molecule has 0 spiro atoms. The van der Waals surface area contributed by atoms with Crippen LogP contribution in [0.2, 0.25) is 0 Å². The van der Waals surface area contributed by atoms with E-state index in [1.165, 1.54) is 0 Å². The van der Waals surface area contributed by atoms with Crippen molar-refractivity contribution in [3.8, 4) is 0 Å². The van der Waals surface area contributed by atoms with Gasteiger partial charge >= 0.3 is 514 Å². The van der Waals surface area contributed by atoms with E-state index in [-0.39, 0.29) is 533 Å². The van der Waals surface area contributed by atoms with Crippen LogP contribution in [0.4, 0.5) is 0 Å². The molecule has 0 rings (SSSR count). The van der Waals surface area contributed by atoms with Gasteiger partial charge in [-0.15, -0.1) is 0 Å². The first-order valence-corrected chi connectivity index (χ1v) is 29.9. The van der Waals surface area contributed by atoms with Gasteiger partial charge in [0.25, 0.3) is 3.41 Å². The van der Waals surface area contributed by atoms with Gasteiger partial charge in [0.2, 0.25) is 8.16 Å². The zero-order chi connectivity index (χ0) is 48.5. The van der Waals surface area contributed by atoms with Crippen molar-refractivity contribution < 1.29 is 644 Å². The topological polar surface area (TPSA) is 572 Å². The fourth-order valence-electron chi connectivity index (χ4n) is 6.72. The molecule has 0 fully saturated rings. The summed E-state index contributed by atoms with van der Waals surface area (Å²) >= 11 is 0. The van der Waals surface area contributed by atoms with Crippen LogP contribution in [0.1, 0.15) is 96.8 Å². The molecule has 1 unspecified atom stereocenters. The van der Waals surface area contributed by atoms with E-state index in [1.807, 2.05) is 6.92 Å². The molecule has 0 saturated heterocycles. The van der Waals surface area contributed by atoms with E-state index in [9.17, 15) is 130 Å². The zero-order valence-corrected chi connectivity index (χ0v) is 79.2. The number of hydrogen-bond donors (Lipinski definition) is 0. The molecule has 0 aliphatic heterocycles. The van der Waals surface area contributed by atoms with Gasteiger partial charge in [0, 0.05) is 0 Å². The molecule has 0 amide bonds. The first kappa shape index (κ1) is 110. The van der Waals surface area contributed by atoms with Crippen molar-refractivity contribution in [2.75, 3.05) is 0 Å². The fraction of sp³-hybridized carbons (Fsp3) is 1.00. The van der Waals surface area contributed by atoms with Gasteiger partial charge in [-0.05, 0) is 6.42 Å². The van der Waals surface area contributed by atoms with E-state index < -0.39 is 141 Å². The molecule has 0 aliphatic carbocycles. The van der Waals surface area contributed by atoms with E-state index in [4.69, 9.17) is 0 Å². The fourth-order valence-corrected chi connectivity index (χ4v) is 31.3. The van der Waals surface area contributed by atoms with Crippen molar-refractivity contribution in [1.29, 1.82) is 0 Å². The van der Waals surface area contributed by atoms with Gasteiger partial charge in [-0.3, -0.25) is 0 Å². The maximum atomic E-state index is 13.1. The van der Waals surface area contributed by atoms with Crippen molar-refractivity contribution in [1.82, 2.24) is 0 Å². The molecule has 1 atom stereocenters. The summed E-state index contributed by atoms with van der Waals surface area (Å²) in [6, 6.07) is 0. The second-order valence-corrected chi connectivity index (χ2v) is 29.4. The Morgan fingerprint density at radius 1 is 0.286 bits per heavy atom. The smallest absolute Gasteiger partial charge is 0.748 e. The molecule has 50 heteroatoms. The molecule has 0 N–H and O–H groups in total. The molecule has 30 nitrogen and oxygen atoms in total. The Morgan fingerprint density at radius 3 is 0.643 bits per heavy atom. The Labute approximate surface area is 835 Å². The summed E-state index contributed by atoms with van der Waals surface area (Å²) in [4.78, 5) is 0. The molecule has 362 valence electrons. The van der Waals surface area contributed by atoms with Gasteiger partial charge < -0.3 is 45.5 Å². The molecule has 0 radical (unpaired) electrons. The summed E-state index contributed by atoms with van der Waals surface area (Å²) in [5.74, 6) is 0. The maximum absolute atomic E-state index is 13.1. The standard InChI is InChI=1S/C20H42O30S10.10K/c1-2-3-4-5-6-7-8-9-10-11-12-13-14-15-16(51(21,22)23)17(52(24,25)26,53(27,28)29)18(54(30,31)32,55(33,34)35)19(56(36,37)38,57(39,40)41)20(58(42,43)44,59(45,46)47)60(48,49)50;;;;;;;;;;/h16H,2-15H2,1H3,(H,21,22,23)(H,24,25,26)(H,27,28,29)(H,30,31,32)(H,33,34,35)(H,36,37,38)(H,39,40,41)(H,42,43,44)(H,45,46,47)(H,48,49,50);;;;;;;;;;/q;10*+1/p-10. The van der Waals surface area contributed by atoms with E-state index in [0.717, 1.165) is 32.1 Å². The summed E-state index contributed by atoms with van der Waals surface area (Å²) in [7, 11) is -96.2. The summed E-state index contributed by atoms with van der Waals surface area (Å²) in [6.07, 6.45) is 0.712. The summed E-state index contributed by atoms with van der Waals surface area (Å²) < 4.78 is 348. The minimum Gasteiger partial charge on any atom is -0.748 e. The largest absolute Gasteiger partial charge is 1.00 e. The van der Waals surface area contributed by atoms with Crippen molar-refractivity contribution in [3.05, 3.63) is 0 Å². The Morgan fingerprint density at radius 2 is 0.486 bits per heavy atom. The van der Waals surface area contributed by atoms with E-state index in [0.29, 0.717) is 19.3 Å². The van der Waals surface area contributed by atoms with Crippen LogP contribution in [0.3, 0.4) is 0 Å². The van der Waals surface area contributed by atoms with Gasteiger partial charge in [-0.1, -0.05) is 90.4 Å². The average Bonchev–Trinajstić information content (AvgIpc) is 2.93. The molecule has 0 aromatic carbocycles. The van der Waals surface area contributed by atoms with E-state index in [2.05, 4.69) is 0 Å². The van der Waals surface area contributed by atoms with Crippen LogP contribution < -0.4 is 514 Å². The number of rotatable bonds is 28. The monoisotopic (exact) mass is 1460 g/mol. The Balaban J connectivity index is -0.000000387. The molecule has 0 saturated carbocycles. The van der Waals surface area contributed by atoms with Crippen LogP contribution in [0.25, 0.3) is 0 Å². The predicted molar refractivity (Wildman–Crippen MR) is 182 cm³/mol. The van der Waals surface area contributed by atoms with Crippen LogP contribution in [0.15, 0.2) is 0 Å². The van der Waals surface area contributed by atoms with Crippen LogP contribution in [0, 0.1) is 0 Å². The zero-order valence-electron chi connectivity index (χ0n) is 39.8. The first-order valence-electron chi connectivity index (χ1n) is 15.7. The van der Waals surface area contributed by atoms with Gasteiger partial charge in [0.05, 0.1) is 5.25 Å². The second kappa shape index (κ2) is 43.4. The van der Waals surface area contributed by atoms with E-state index >= 15 is 0 Å². The minimum atomic E-state index is -10.1. The van der Waals surface area contributed by atoms with Crippen LogP contribution in [0.5, 0.6) is 0 Å². The Kier molecular flexibility index (Phi) is 68.1. The van der Waals surface area contributed by atoms with E-state index in [1.54, 1.807) is 0 Å². The number of unbranched alkanes of at least 4 members (excludes halogenated alkanes) is 12. The Hall–Kier alpha value is 15.5. The normalized spacial score (nSPS) is 13.8. The van der Waals surface area contributed by atoms with Crippen molar-refractivity contribution >= 4 is 101 Å². The van der Waals surface area contributed by atoms with Gasteiger partial charge in [0.15, 0.2) is 4.08 Å². The van der Waals surface area contributed by atoms with Gasteiger partial charge in [-0.2, -0.15) is 0 Å². The van der Waals surface area contributed by atoms with Crippen LogP contribution >= 0.6 is 0 Å². The molecule has 70 heavy (non-hydrogen) atoms. The summed E-state index contributed by atoms with van der Waals surface area (Å²) in [5, 5.41) is -5.77. The van der Waals surface area contributed by atoms with Crippen molar-refractivity contribution in [3.63, 3.8) is 0 Å². The predicted octanol–water partition coefficient (Wildman–Crippen LogP) is -34.9. The van der Waals surface area contributed by atoms with Crippen LogP contribution in [-0.4, -0.2) is 151 Å². The third-order valence-electron chi connectivity index (χ3n) is 8.78. The quantitative estimate of drug-likeness (QED) is 0.0399. The summed E-state index contributed by atoms with van der Waals surface area (Å²) in [6.45, 7) is 1.97. The number of hydrogen-bond acceptors (Lipinski definition) is 30. The molecule has 0 aromatic rings. The molecule has 0 bridgehead atoms. The minimum absolute atomic E-state index is 0. The molecular weight excluding hydrogens is 1430 g/mol. The van der Waals surface area contributed by atoms with Gasteiger partial charge in [-0.25, -0.2) is 84.2 Å². The van der Waals surface area contributed by atoms with Crippen LogP contribution in [-0.2, 0) is 101 Å². The average molecular weight is 1460 g/mol. The Bertz CT molecular complexity index is 2580. The second-order valence-electron chi connectivity index (χ2n) is 12.6.